The van der Waals surface area contributed by atoms with Gasteiger partial charge in [-0.2, -0.15) is 5.10 Å². The van der Waals surface area contributed by atoms with E-state index in [1.807, 2.05) is 6.92 Å². The smallest absolute Gasteiger partial charge is 0.326 e. The zero-order valence-electron chi connectivity index (χ0n) is 12.0. The lowest BCUT2D eigenvalue weighted by molar-refractivity contribution is -0.143. The molecular formula is C12H16N4O4S. The van der Waals surface area contributed by atoms with Crippen LogP contribution in [0.5, 0.6) is 0 Å². The van der Waals surface area contributed by atoms with Crippen LogP contribution in [0, 0.1) is 6.92 Å². The van der Waals surface area contributed by atoms with Crippen molar-refractivity contribution < 1.29 is 19.4 Å². The molecule has 0 aliphatic rings. The summed E-state index contributed by atoms with van der Waals surface area (Å²) in [7, 11) is 1.75. The van der Waals surface area contributed by atoms with Crippen LogP contribution in [-0.4, -0.2) is 48.7 Å². The first kappa shape index (κ1) is 15.4. The van der Waals surface area contributed by atoms with E-state index in [2.05, 4.69) is 10.1 Å². The zero-order chi connectivity index (χ0) is 15.6. The number of imidazole rings is 1. The van der Waals surface area contributed by atoms with Crippen molar-refractivity contribution in [2.75, 3.05) is 12.4 Å². The summed E-state index contributed by atoms with van der Waals surface area (Å²) >= 11 is 1.07. The van der Waals surface area contributed by atoms with Gasteiger partial charge in [-0.05, 0) is 13.8 Å². The van der Waals surface area contributed by atoms with Crippen molar-refractivity contribution in [1.29, 1.82) is 0 Å². The molecule has 0 amide bonds. The number of carbonyl (C=O) groups excluding carboxylic acids is 1. The highest BCUT2D eigenvalue weighted by Crippen LogP contribution is 2.25. The van der Waals surface area contributed by atoms with Gasteiger partial charge in [0.05, 0.1) is 18.1 Å². The predicted molar refractivity (Wildman–Crippen MR) is 76.2 cm³/mol. The van der Waals surface area contributed by atoms with Gasteiger partial charge in [-0.3, -0.25) is 18.8 Å². The van der Waals surface area contributed by atoms with Crippen LogP contribution in [0.2, 0.25) is 0 Å². The molecule has 114 valence electrons. The van der Waals surface area contributed by atoms with Crippen LogP contribution in [0.3, 0.4) is 0 Å². The number of aryl methyl sites for hydroxylation is 2. The van der Waals surface area contributed by atoms with Crippen LogP contribution in [0.1, 0.15) is 12.6 Å². The summed E-state index contributed by atoms with van der Waals surface area (Å²) in [5.41, 5.74) is 2.07. The van der Waals surface area contributed by atoms with Gasteiger partial charge in [0.2, 0.25) is 0 Å². The molecule has 2 aromatic rings. The first-order chi connectivity index (χ1) is 9.93. The largest absolute Gasteiger partial charge is 0.481 e. The molecule has 21 heavy (non-hydrogen) atoms. The van der Waals surface area contributed by atoms with Crippen molar-refractivity contribution in [3.05, 3.63) is 5.69 Å². The molecule has 0 aliphatic carbocycles. The maximum Gasteiger partial charge on any atom is 0.326 e. The summed E-state index contributed by atoms with van der Waals surface area (Å²) in [6, 6.07) is 0. The van der Waals surface area contributed by atoms with Gasteiger partial charge in [0, 0.05) is 7.05 Å². The van der Waals surface area contributed by atoms with E-state index in [1.165, 1.54) is 0 Å². The molecule has 9 heteroatoms. The lowest BCUT2D eigenvalue weighted by atomic mass is 10.4. The number of carbonyl (C=O) groups is 2. The highest BCUT2D eigenvalue weighted by Gasteiger charge is 2.20. The van der Waals surface area contributed by atoms with E-state index in [1.54, 1.807) is 23.2 Å². The number of aromatic nitrogens is 4. The van der Waals surface area contributed by atoms with Gasteiger partial charge in [-0.25, -0.2) is 4.98 Å². The van der Waals surface area contributed by atoms with E-state index in [0.717, 1.165) is 17.5 Å². The molecular weight excluding hydrogens is 296 g/mol. The molecule has 0 saturated carbocycles. The van der Waals surface area contributed by atoms with E-state index in [0.29, 0.717) is 22.9 Å². The van der Waals surface area contributed by atoms with Gasteiger partial charge in [-0.15, -0.1) is 0 Å². The Labute approximate surface area is 125 Å². The molecule has 0 aliphatic heterocycles. The number of ether oxygens (including phenoxy) is 1. The van der Waals surface area contributed by atoms with Crippen molar-refractivity contribution in [1.82, 2.24) is 19.3 Å². The first-order valence-corrected chi connectivity index (χ1v) is 7.32. The highest BCUT2D eigenvalue weighted by molar-refractivity contribution is 7.99. The van der Waals surface area contributed by atoms with E-state index in [-0.39, 0.29) is 12.3 Å². The Morgan fingerprint density at radius 3 is 2.76 bits per heavy atom. The Morgan fingerprint density at radius 2 is 2.14 bits per heavy atom. The van der Waals surface area contributed by atoms with Crippen molar-refractivity contribution in [3.8, 4) is 0 Å². The minimum absolute atomic E-state index is 0.0226. The molecule has 2 rings (SSSR count). The Bertz CT molecular complexity index is 691. The molecule has 0 bridgehead atoms. The minimum atomic E-state index is -0.940. The van der Waals surface area contributed by atoms with Gasteiger partial charge in [0.1, 0.15) is 12.1 Å². The van der Waals surface area contributed by atoms with Crippen LogP contribution in [0.4, 0.5) is 0 Å². The topological polar surface area (TPSA) is 99.2 Å². The van der Waals surface area contributed by atoms with Crippen molar-refractivity contribution in [2.24, 2.45) is 7.05 Å². The Morgan fingerprint density at radius 1 is 1.43 bits per heavy atom. The van der Waals surface area contributed by atoms with Crippen molar-refractivity contribution in [2.45, 2.75) is 25.5 Å². The number of thioether (sulfide) groups is 1. The average molecular weight is 312 g/mol. The number of carboxylic acid groups (broad SMARTS) is 1. The van der Waals surface area contributed by atoms with Crippen LogP contribution in [-0.2, 0) is 27.9 Å². The van der Waals surface area contributed by atoms with E-state index >= 15 is 0 Å². The number of carboxylic acids is 1. The predicted octanol–water partition coefficient (Wildman–Crippen LogP) is 0.818. The molecule has 2 aromatic heterocycles. The van der Waals surface area contributed by atoms with Gasteiger partial charge >= 0.3 is 11.9 Å². The summed E-state index contributed by atoms with van der Waals surface area (Å²) in [6.45, 7) is 3.81. The number of aliphatic carboxylic acids is 1. The second-order valence-electron chi connectivity index (χ2n) is 4.35. The molecule has 1 N–H and O–H groups in total. The first-order valence-electron chi connectivity index (χ1n) is 6.34. The summed E-state index contributed by atoms with van der Waals surface area (Å²) in [4.78, 5) is 26.9. The molecule has 0 fully saturated rings. The molecule has 0 aromatic carbocycles. The standard InChI is InChI=1S/C12H16N4O4S/c1-4-20-9(19)5-16-11-10(7(2)14-15(11)3)13-12(16)21-6-8(17)18/h4-6H2,1-3H3,(H,17,18). The number of rotatable bonds is 6. The van der Waals surface area contributed by atoms with Gasteiger partial charge in [0.15, 0.2) is 10.8 Å². The van der Waals surface area contributed by atoms with Crippen LogP contribution >= 0.6 is 11.8 Å². The fourth-order valence-electron chi connectivity index (χ4n) is 2.03. The second-order valence-corrected chi connectivity index (χ2v) is 5.29. The summed E-state index contributed by atoms with van der Waals surface area (Å²) in [5, 5.41) is 13.5. The molecule has 2 heterocycles. The maximum absolute atomic E-state index is 11.7. The number of nitrogens with zero attached hydrogens (tertiary/aromatic N) is 4. The molecule has 0 spiro atoms. The number of fused-ring (bicyclic) bond motifs is 1. The van der Waals surface area contributed by atoms with Gasteiger partial charge in [0.25, 0.3) is 0 Å². The maximum atomic E-state index is 11.7. The number of hydrogen-bond donors (Lipinski definition) is 1. The quantitative estimate of drug-likeness (QED) is 0.622. The Balaban J connectivity index is 2.43. The SMILES string of the molecule is CCOC(=O)Cn1c(SCC(=O)O)nc2c(C)nn(C)c21. The molecule has 0 unspecified atom stereocenters. The molecule has 0 saturated heterocycles. The van der Waals surface area contributed by atoms with Crippen molar-refractivity contribution >= 4 is 34.9 Å². The molecule has 0 atom stereocenters. The number of esters is 1. The molecule has 0 radical (unpaired) electrons. The normalized spacial score (nSPS) is 11.0. The van der Waals surface area contributed by atoms with Gasteiger partial charge < -0.3 is 9.84 Å². The fraction of sp³-hybridized carbons (Fsp3) is 0.500. The monoisotopic (exact) mass is 312 g/mol. The van der Waals surface area contributed by atoms with E-state index in [9.17, 15) is 9.59 Å². The second kappa shape index (κ2) is 6.17. The van der Waals surface area contributed by atoms with Crippen LogP contribution in [0.15, 0.2) is 5.16 Å². The highest BCUT2D eigenvalue weighted by atomic mass is 32.2. The average Bonchev–Trinajstić information content (AvgIpc) is 2.87. The lowest BCUT2D eigenvalue weighted by Crippen LogP contribution is -2.16. The minimum Gasteiger partial charge on any atom is -0.481 e. The Hall–Kier alpha value is -2.03. The van der Waals surface area contributed by atoms with Crippen LogP contribution < -0.4 is 0 Å². The third-order valence-corrected chi connectivity index (χ3v) is 3.73. The molecule has 8 nitrogen and oxygen atoms in total. The fourth-order valence-corrected chi connectivity index (χ4v) is 2.74. The van der Waals surface area contributed by atoms with Crippen LogP contribution in [0.25, 0.3) is 11.2 Å². The summed E-state index contributed by atoms with van der Waals surface area (Å²) in [6.07, 6.45) is 0. The van der Waals surface area contributed by atoms with Crippen molar-refractivity contribution in [3.63, 3.8) is 0 Å². The third-order valence-electron chi connectivity index (χ3n) is 2.77. The Kier molecular flexibility index (Phi) is 4.51. The van der Waals surface area contributed by atoms with E-state index in [4.69, 9.17) is 9.84 Å². The van der Waals surface area contributed by atoms with E-state index < -0.39 is 11.9 Å². The third kappa shape index (κ3) is 3.18. The summed E-state index contributed by atoms with van der Waals surface area (Å²) < 4.78 is 8.22. The zero-order valence-corrected chi connectivity index (χ0v) is 12.8. The lowest BCUT2D eigenvalue weighted by Gasteiger charge is -2.08. The number of hydrogen-bond acceptors (Lipinski definition) is 6. The van der Waals surface area contributed by atoms with Gasteiger partial charge in [-0.1, -0.05) is 11.8 Å². The summed E-state index contributed by atoms with van der Waals surface area (Å²) in [5.74, 6) is -1.46.